The first-order valence-corrected chi connectivity index (χ1v) is 8.60. The standard InChI is InChI=1S/C17H24ClF3N4.HI/c1-22-16(24(2)10-13-3-5-15(18)6-4-13)23-9-14-7-8-25(11-14)12-17(19,20)21;/h3-6,14H,7-12H2,1-2H3,(H,22,23);1H. The summed E-state index contributed by atoms with van der Waals surface area (Å²) in [6.07, 6.45) is -3.36. The van der Waals surface area contributed by atoms with Crippen molar-refractivity contribution in [3.63, 3.8) is 0 Å². The van der Waals surface area contributed by atoms with E-state index in [1.54, 1.807) is 7.05 Å². The topological polar surface area (TPSA) is 30.9 Å². The molecule has 2 rings (SSSR count). The largest absolute Gasteiger partial charge is 0.401 e. The van der Waals surface area contributed by atoms with Crippen LogP contribution in [0.4, 0.5) is 13.2 Å². The van der Waals surface area contributed by atoms with E-state index in [2.05, 4.69) is 10.3 Å². The maximum atomic E-state index is 12.4. The Bertz CT molecular complexity index is 580. The van der Waals surface area contributed by atoms with Crippen molar-refractivity contribution in [1.29, 1.82) is 0 Å². The van der Waals surface area contributed by atoms with Crippen molar-refractivity contribution >= 4 is 41.5 Å². The maximum Gasteiger partial charge on any atom is 0.401 e. The van der Waals surface area contributed by atoms with Crippen LogP contribution in [0.15, 0.2) is 29.3 Å². The van der Waals surface area contributed by atoms with E-state index in [1.165, 1.54) is 4.90 Å². The van der Waals surface area contributed by atoms with Crippen LogP contribution in [-0.4, -0.2) is 62.2 Å². The molecule has 0 spiro atoms. The number of alkyl halides is 3. The number of nitrogens with zero attached hydrogens (tertiary/aromatic N) is 3. The van der Waals surface area contributed by atoms with E-state index in [4.69, 9.17) is 11.6 Å². The van der Waals surface area contributed by atoms with Crippen LogP contribution < -0.4 is 5.32 Å². The van der Waals surface area contributed by atoms with Crippen molar-refractivity contribution in [3.8, 4) is 0 Å². The molecule has 0 aliphatic carbocycles. The van der Waals surface area contributed by atoms with Crippen LogP contribution in [0, 0.1) is 5.92 Å². The summed E-state index contributed by atoms with van der Waals surface area (Å²) in [5.41, 5.74) is 1.10. The van der Waals surface area contributed by atoms with Crippen molar-refractivity contribution in [2.75, 3.05) is 40.3 Å². The van der Waals surface area contributed by atoms with E-state index in [-0.39, 0.29) is 29.9 Å². The second-order valence-corrected chi connectivity index (χ2v) is 6.85. The highest BCUT2D eigenvalue weighted by Crippen LogP contribution is 2.22. The molecule has 1 atom stereocenters. The van der Waals surface area contributed by atoms with E-state index in [9.17, 15) is 13.2 Å². The molecular formula is C17H25ClF3IN4. The molecule has 148 valence electrons. The van der Waals surface area contributed by atoms with Gasteiger partial charge in [0.1, 0.15) is 0 Å². The molecule has 9 heteroatoms. The van der Waals surface area contributed by atoms with Crippen LogP contribution in [0.3, 0.4) is 0 Å². The molecule has 1 aromatic carbocycles. The second kappa shape index (κ2) is 10.6. The minimum atomic E-state index is -4.13. The Hall–Kier alpha value is -0.740. The van der Waals surface area contributed by atoms with Crippen molar-refractivity contribution in [2.45, 2.75) is 19.1 Å². The van der Waals surface area contributed by atoms with Crippen LogP contribution in [0.2, 0.25) is 5.02 Å². The Kier molecular flexibility index (Phi) is 9.46. The fourth-order valence-corrected chi connectivity index (χ4v) is 3.16. The van der Waals surface area contributed by atoms with Crippen molar-refractivity contribution in [2.24, 2.45) is 10.9 Å². The molecule has 1 aliphatic heterocycles. The van der Waals surface area contributed by atoms with Gasteiger partial charge in [-0.05, 0) is 36.6 Å². The predicted molar refractivity (Wildman–Crippen MR) is 110 cm³/mol. The molecule has 1 aliphatic rings. The van der Waals surface area contributed by atoms with Crippen LogP contribution in [0.5, 0.6) is 0 Å². The highest BCUT2D eigenvalue weighted by molar-refractivity contribution is 14.0. The summed E-state index contributed by atoms with van der Waals surface area (Å²) in [5.74, 6) is 0.923. The molecule has 1 heterocycles. The minimum absolute atomic E-state index is 0. The molecule has 1 unspecified atom stereocenters. The van der Waals surface area contributed by atoms with Crippen molar-refractivity contribution < 1.29 is 13.2 Å². The van der Waals surface area contributed by atoms with Gasteiger partial charge in [-0.15, -0.1) is 24.0 Å². The Morgan fingerprint density at radius 2 is 2.00 bits per heavy atom. The molecule has 1 N–H and O–H groups in total. The van der Waals surface area contributed by atoms with Gasteiger partial charge in [0.2, 0.25) is 0 Å². The summed E-state index contributed by atoms with van der Waals surface area (Å²) in [5, 5.41) is 3.96. The van der Waals surface area contributed by atoms with E-state index in [0.29, 0.717) is 31.2 Å². The third-order valence-corrected chi connectivity index (χ3v) is 4.48. The molecule has 0 aromatic heterocycles. The lowest BCUT2D eigenvalue weighted by Crippen LogP contribution is -2.41. The molecule has 26 heavy (non-hydrogen) atoms. The fourth-order valence-electron chi connectivity index (χ4n) is 3.04. The summed E-state index contributed by atoms with van der Waals surface area (Å²) in [6.45, 7) is 1.41. The zero-order valence-electron chi connectivity index (χ0n) is 14.9. The number of guanidine groups is 1. The van der Waals surface area contributed by atoms with Gasteiger partial charge in [0.25, 0.3) is 0 Å². The molecule has 0 bridgehead atoms. The highest BCUT2D eigenvalue weighted by atomic mass is 127. The Morgan fingerprint density at radius 3 is 2.58 bits per heavy atom. The van der Waals surface area contributed by atoms with Crippen LogP contribution in [0.1, 0.15) is 12.0 Å². The lowest BCUT2D eigenvalue weighted by molar-refractivity contribution is -0.143. The van der Waals surface area contributed by atoms with E-state index in [1.807, 2.05) is 36.2 Å². The van der Waals surface area contributed by atoms with Crippen molar-refractivity contribution in [3.05, 3.63) is 34.9 Å². The Labute approximate surface area is 174 Å². The molecule has 1 saturated heterocycles. The van der Waals surface area contributed by atoms with E-state index >= 15 is 0 Å². The molecule has 0 amide bonds. The van der Waals surface area contributed by atoms with Gasteiger partial charge in [-0.25, -0.2) is 0 Å². The number of hydrogen-bond donors (Lipinski definition) is 1. The Balaban J connectivity index is 0.00000338. The molecule has 0 saturated carbocycles. The van der Waals surface area contributed by atoms with E-state index < -0.39 is 12.7 Å². The van der Waals surface area contributed by atoms with Gasteiger partial charge in [0.15, 0.2) is 5.96 Å². The highest BCUT2D eigenvalue weighted by Gasteiger charge is 2.34. The van der Waals surface area contributed by atoms with Crippen LogP contribution >= 0.6 is 35.6 Å². The normalized spacial score (nSPS) is 18.5. The van der Waals surface area contributed by atoms with Crippen LogP contribution in [0.25, 0.3) is 0 Å². The maximum absolute atomic E-state index is 12.4. The van der Waals surface area contributed by atoms with Gasteiger partial charge in [0, 0.05) is 38.8 Å². The summed E-state index contributed by atoms with van der Waals surface area (Å²) in [6, 6.07) is 7.60. The summed E-state index contributed by atoms with van der Waals surface area (Å²) < 4.78 is 37.3. The first-order valence-electron chi connectivity index (χ1n) is 8.22. The lowest BCUT2D eigenvalue weighted by Gasteiger charge is -2.24. The summed E-state index contributed by atoms with van der Waals surface area (Å²) in [4.78, 5) is 7.70. The fraction of sp³-hybridized carbons (Fsp3) is 0.588. The molecule has 4 nitrogen and oxygen atoms in total. The number of benzene rings is 1. The summed E-state index contributed by atoms with van der Waals surface area (Å²) in [7, 11) is 3.62. The third-order valence-electron chi connectivity index (χ3n) is 4.23. The number of rotatable bonds is 5. The Morgan fingerprint density at radius 1 is 1.35 bits per heavy atom. The number of aliphatic imine (C=N–C) groups is 1. The van der Waals surface area contributed by atoms with Gasteiger partial charge in [0.05, 0.1) is 6.54 Å². The van der Waals surface area contributed by atoms with Gasteiger partial charge < -0.3 is 10.2 Å². The smallest absolute Gasteiger partial charge is 0.356 e. The minimum Gasteiger partial charge on any atom is -0.356 e. The van der Waals surface area contributed by atoms with E-state index in [0.717, 1.165) is 17.9 Å². The van der Waals surface area contributed by atoms with Crippen molar-refractivity contribution in [1.82, 2.24) is 15.1 Å². The summed E-state index contributed by atoms with van der Waals surface area (Å²) >= 11 is 5.89. The zero-order valence-corrected chi connectivity index (χ0v) is 18.0. The molecule has 0 radical (unpaired) electrons. The molecule has 1 aromatic rings. The predicted octanol–water partition coefficient (Wildman–Crippen LogP) is 3.85. The zero-order chi connectivity index (χ0) is 18.4. The molecular weight excluding hydrogens is 480 g/mol. The third kappa shape index (κ3) is 7.87. The number of hydrogen-bond acceptors (Lipinski definition) is 2. The number of halogens is 5. The lowest BCUT2D eigenvalue weighted by atomic mass is 10.1. The monoisotopic (exact) mass is 504 g/mol. The quantitative estimate of drug-likeness (QED) is 0.375. The van der Waals surface area contributed by atoms with Gasteiger partial charge in [-0.3, -0.25) is 9.89 Å². The number of nitrogens with one attached hydrogen (secondary N) is 1. The second-order valence-electron chi connectivity index (χ2n) is 6.42. The van der Waals surface area contributed by atoms with Crippen LogP contribution in [-0.2, 0) is 6.54 Å². The van der Waals surface area contributed by atoms with Gasteiger partial charge in [-0.1, -0.05) is 23.7 Å². The average molecular weight is 505 g/mol. The first-order chi connectivity index (χ1) is 11.8. The van der Waals surface area contributed by atoms with Gasteiger partial charge >= 0.3 is 6.18 Å². The SMILES string of the molecule is CN=C(NCC1CCN(CC(F)(F)F)C1)N(C)Cc1ccc(Cl)cc1.I. The number of likely N-dealkylation sites (tertiary alicyclic amines) is 1. The van der Waals surface area contributed by atoms with Gasteiger partial charge in [-0.2, -0.15) is 13.2 Å². The first kappa shape index (κ1) is 23.3. The average Bonchev–Trinajstić information content (AvgIpc) is 2.95. The molecule has 1 fully saturated rings.